The minimum absolute atomic E-state index is 0.0227. The summed E-state index contributed by atoms with van der Waals surface area (Å²) in [7, 11) is 6.03. The SMILES string of the molecule is COc1cc(OC)cc(C(=O)NNC(=O)Cc2ccc(OC)cc2OC)c1. The largest absolute Gasteiger partial charge is 0.497 e. The van der Waals surface area contributed by atoms with Crippen LogP contribution in [0, 0.1) is 0 Å². The highest BCUT2D eigenvalue weighted by Gasteiger charge is 2.13. The van der Waals surface area contributed by atoms with Crippen LogP contribution in [0.3, 0.4) is 0 Å². The van der Waals surface area contributed by atoms with E-state index in [9.17, 15) is 9.59 Å². The molecule has 0 aliphatic rings. The van der Waals surface area contributed by atoms with E-state index in [4.69, 9.17) is 18.9 Å². The number of benzene rings is 2. The van der Waals surface area contributed by atoms with E-state index in [0.717, 1.165) is 0 Å². The molecular formula is C19H22N2O6. The van der Waals surface area contributed by atoms with Crippen LogP contribution in [-0.2, 0) is 11.2 Å². The predicted molar refractivity (Wildman–Crippen MR) is 98.4 cm³/mol. The van der Waals surface area contributed by atoms with Crippen molar-refractivity contribution in [3.63, 3.8) is 0 Å². The summed E-state index contributed by atoms with van der Waals surface area (Å²) in [5.74, 6) is 1.18. The molecule has 0 fully saturated rings. The van der Waals surface area contributed by atoms with Gasteiger partial charge in [-0.1, -0.05) is 6.07 Å². The van der Waals surface area contributed by atoms with Gasteiger partial charge in [0.1, 0.15) is 23.0 Å². The third kappa shape index (κ3) is 5.27. The highest BCUT2D eigenvalue weighted by atomic mass is 16.5. The van der Waals surface area contributed by atoms with E-state index in [2.05, 4.69) is 10.9 Å². The van der Waals surface area contributed by atoms with Crippen LogP contribution >= 0.6 is 0 Å². The first-order valence-electron chi connectivity index (χ1n) is 8.03. The molecule has 0 aliphatic carbocycles. The molecule has 0 saturated carbocycles. The van der Waals surface area contributed by atoms with Gasteiger partial charge in [0.15, 0.2) is 0 Å². The summed E-state index contributed by atoms with van der Waals surface area (Å²) >= 11 is 0. The molecule has 0 bridgehead atoms. The third-order valence-corrected chi connectivity index (χ3v) is 3.77. The van der Waals surface area contributed by atoms with Gasteiger partial charge >= 0.3 is 0 Å². The van der Waals surface area contributed by atoms with Crippen molar-refractivity contribution in [3.8, 4) is 23.0 Å². The van der Waals surface area contributed by atoms with Crippen molar-refractivity contribution in [3.05, 3.63) is 47.5 Å². The molecule has 2 aromatic carbocycles. The van der Waals surface area contributed by atoms with Crippen molar-refractivity contribution < 1.29 is 28.5 Å². The molecule has 0 aromatic heterocycles. The van der Waals surface area contributed by atoms with Gasteiger partial charge in [-0.2, -0.15) is 0 Å². The van der Waals surface area contributed by atoms with Crippen LogP contribution in [0.25, 0.3) is 0 Å². The number of ether oxygens (including phenoxy) is 4. The van der Waals surface area contributed by atoms with Crippen LogP contribution < -0.4 is 29.8 Å². The summed E-state index contributed by atoms with van der Waals surface area (Å²) in [6, 6.07) is 9.86. The van der Waals surface area contributed by atoms with Gasteiger partial charge in [0.2, 0.25) is 5.91 Å². The number of carbonyl (C=O) groups excluding carboxylic acids is 2. The Morgan fingerprint density at radius 3 is 1.96 bits per heavy atom. The molecule has 8 heteroatoms. The normalized spacial score (nSPS) is 9.93. The predicted octanol–water partition coefficient (Wildman–Crippen LogP) is 1.72. The average Bonchev–Trinajstić information content (AvgIpc) is 2.71. The Balaban J connectivity index is 2.00. The lowest BCUT2D eigenvalue weighted by Gasteiger charge is -2.12. The number of methoxy groups -OCH3 is 4. The maximum absolute atomic E-state index is 12.3. The van der Waals surface area contributed by atoms with E-state index < -0.39 is 11.8 Å². The number of amides is 2. The first-order chi connectivity index (χ1) is 13.0. The summed E-state index contributed by atoms with van der Waals surface area (Å²) in [6.07, 6.45) is 0.0227. The van der Waals surface area contributed by atoms with Crippen molar-refractivity contribution in [2.75, 3.05) is 28.4 Å². The number of rotatable bonds is 7. The van der Waals surface area contributed by atoms with Crippen LogP contribution in [-0.4, -0.2) is 40.3 Å². The molecule has 0 atom stereocenters. The lowest BCUT2D eigenvalue weighted by molar-refractivity contribution is -0.121. The van der Waals surface area contributed by atoms with E-state index in [1.54, 1.807) is 31.4 Å². The van der Waals surface area contributed by atoms with Gasteiger partial charge in [-0.05, 0) is 18.2 Å². The van der Waals surface area contributed by atoms with Crippen molar-refractivity contribution in [2.45, 2.75) is 6.42 Å². The Labute approximate surface area is 157 Å². The van der Waals surface area contributed by atoms with E-state index in [1.165, 1.54) is 33.5 Å². The summed E-state index contributed by atoms with van der Waals surface area (Å²) in [5, 5.41) is 0. The zero-order valence-corrected chi connectivity index (χ0v) is 15.6. The van der Waals surface area contributed by atoms with Crippen molar-refractivity contribution >= 4 is 11.8 Å². The standard InChI is InChI=1S/C19H22N2O6/c1-24-14-6-5-12(17(11-14)27-4)9-18(22)20-21-19(23)13-7-15(25-2)10-16(8-13)26-3/h5-8,10-11H,9H2,1-4H3,(H,20,22)(H,21,23). The van der Waals surface area contributed by atoms with Gasteiger partial charge in [-0.15, -0.1) is 0 Å². The molecule has 0 saturated heterocycles. The molecule has 2 N–H and O–H groups in total. The zero-order chi connectivity index (χ0) is 19.8. The molecule has 0 unspecified atom stereocenters. The van der Waals surface area contributed by atoms with Gasteiger partial charge in [-0.3, -0.25) is 20.4 Å². The van der Waals surface area contributed by atoms with Crippen LogP contribution in [0.15, 0.2) is 36.4 Å². The zero-order valence-electron chi connectivity index (χ0n) is 15.6. The molecule has 2 aromatic rings. The van der Waals surface area contributed by atoms with E-state index >= 15 is 0 Å². The van der Waals surface area contributed by atoms with E-state index in [0.29, 0.717) is 28.6 Å². The average molecular weight is 374 g/mol. The van der Waals surface area contributed by atoms with Crippen LogP contribution in [0.4, 0.5) is 0 Å². The second-order valence-corrected chi connectivity index (χ2v) is 5.46. The topological polar surface area (TPSA) is 95.1 Å². The molecular weight excluding hydrogens is 352 g/mol. The number of carbonyl (C=O) groups is 2. The first kappa shape index (κ1) is 19.9. The number of nitrogens with one attached hydrogen (secondary N) is 2. The molecule has 27 heavy (non-hydrogen) atoms. The minimum Gasteiger partial charge on any atom is -0.497 e. The fourth-order valence-electron chi connectivity index (χ4n) is 2.35. The summed E-state index contributed by atoms with van der Waals surface area (Å²) in [6.45, 7) is 0. The summed E-state index contributed by atoms with van der Waals surface area (Å²) in [5.41, 5.74) is 5.69. The maximum atomic E-state index is 12.3. The second kappa shape index (κ2) is 9.33. The number of hydrogen-bond acceptors (Lipinski definition) is 6. The van der Waals surface area contributed by atoms with Crippen LogP contribution in [0.2, 0.25) is 0 Å². The Bertz CT molecular complexity index is 800. The highest BCUT2D eigenvalue weighted by Crippen LogP contribution is 2.25. The van der Waals surface area contributed by atoms with Crippen molar-refractivity contribution in [1.82, 2.24) is 10.9 Å². The molecule has 0 radical (unpaired) electrons. The Morgan fingerprint density at radius 1 is 0.778 bits per heavy atom. The van der Waals surface area contributed by atoms with Crippen LogP contribution in [0.5, 0.6) is 23.0 Å². The van der Waals surface area contributed by atoms with Gasteiger partial charge in [-0.25, -0.2) is 0 Å². The van der Waals surface area contributed by atoms with E-state index in [-0.39, 0.29) is 12.0 Å². The fraction of sp³-hybridized carbons (Fsp3) is 0.263. The van der Waals surface area contributed by atoms with Gasteiger partial charge in [0.25, 0.3) is 5.91 Å². The molecule has 8 nitrogen and oxygen atoms in total. The van der Waals surface area contributed by atoms with Crippen molar-refractivity contribution in [1.29, 1.82) is 0 Å². The number of hydrazine groups is 1. The fourth-order valence-corrected chi connectivity index (χ4v) is 2.35. The maximum Gasteiger partial charge on any atom is 0.269 e. The molecule has 2 amide bonds. The van der Waals surface area contributed by atoms with E-state index in [1.807, 2.05) is 0 Å². The summed E-state index contributed by atoms with van der Waals surface area (Å²) < 4.78 is 20.6. The third-order valence-electron chi connectivity index (χ3n) is 3.77. The quantitative estimate of drug-likeness (QED) is 0.717. The molecule has 0 heterocycles. The lowest BCUT2D eigenvalue weighted by Crippen LogP contribution is -2.42. The lowest BCUT2D eigenvalue weighted by atomic mass is 10.1. The minimum atomic E-state index is -0.498. The molecule has 0 aliphatic heterocycles. The molecule has 2 rings (SSSR count). The first-order valence-corrected chi connectivity index (χ1v) is 8.03. The highest BCUT2D eigenvalue weighted by molar-refractivity contribution is 5.96. The Hall–Kier alpha value is -3.42. The summed E-state index contributed by atoms with van der Waals surface area (Å²) in [4.78, 5) is 24.4. The Morgan fingerprint density at radius 2 is 1.41 bits per heavy atom. The van der Waals surface area contributed by atoms with Crippen molar-refractivity contribution in [2.24, 2.45) is 0 Å². The van der Waals surface area contributed by atoms with Gasteiger partial charge < -0.3 is 18.9 Å². The smallest absolute Gasteiger partial charge is 0.269 e. The Kier molecular flexibility index (Phi) is 6.87. The number of hydrogen-bond donors (Lipinski definition) is 2. The molecule has 144 valence electrons. The second-order valence-electron chi connectivity index (χ2n) is 5.46. The van der Waals surface area contributed by atoms with Gasteiger partial charge in [0, 0.05) is 23.3 Å². The monoisotopic (exact) mass is 374 g/mol. The van der Waals surface area contributed by atoms with Crippen LogP contribution in [0.1, 0.15) is 15.9 Å². The molecule has 0 spiro atoms. The van der Waals surface area contributed by atoms with Gasteiger partial charge in [0.05, 0.1) is 34.9 Å².